The molecule has 7 nitrogen and oxygen atoms in total. The van der Waals surface area contributed by atoms with Gasteiger partial charge in [0, 0.05) is 19.3 Å². The summed E-state index contributed by atoms with van der Waals surface area (Å²) in [6, 6.07) is 10.2. The molecule has 32 heavy (non-hydrogen) atoms. The van der Waals surface area contributed by atoms with E-state index < -0.39 is 0 Å². The monoisotopic (exact) mass is 430 g/mol. The van der Waals surface area contributed by atoms with E-state index in [0.29, 0.717) is 29.6 Å². The molecule has 5 rings (SSSR count). The van der Waals surface area contributed by atoms with Crippen molar-refractivity contribution in [3.63, 3.8) is 0 Å². The third-order valence-corrected chi connectivity index (χ3v) is 6.72. The van der Waals surface area contributed by atoms with Crippen LogP contribution in [-0.4, -0.2) is 49.9 Å². The Labute approximate surface area is 188 Å². The molecular weight excluding hydrogens is 400 g/mol. The van der Waals surface area contributed by atoms with Crippen molar-refractivity contribution in [2.75, 3.05) is 18.4 Å². The van der Waals surface area contributed by atoms with E-state index in [0.717, 1.165) is 30.8 Å². The Kier molecular flexibility index (Phi) is 5.64. The molecule has 3 heterocycles. The van der Waals surface area contributed by atoms with E-state index in [1.807, 2.05) is 36.2 Å². The zero-order chi connectivity index (χ0) is 22.1. The highest BCUT2D eigenvalue weighted by molar-refractivity contribution is 5.98. The number of nitrogens with one attached hydrogen (secondary N) is 1. The minimum absolute atomic E-state index is 0.0383. The first kappa shape index (κ1) is 20.7. The molecule has 2 aromatic heterocycles. The molecule has 1 aromatic carbocycles. The van der Waals surface area contributed by atoms with E-state index in [2.05, 4.69) is 39.6 Å². The minimum atomic E-state index is 0.0383. The van der Waals surface area contributed by atoms with E-state index in [-0.39, 0.29) is 11.9 Å². The highest BCUT2D eigenvalue weighted by atomic mass is 16.2. The number of pyridine rings is 1. The summed E-state index contributed by atoms with van der Waals surface area (Å²) in [5, 5.41) is 12.0. The van der Waals surface area contributed by atoms with Crippen LogP contribution >= 0.6 is 0 Å². The fourth-order valence-electron chi connectivity index (χ4n) is 4.68. The second-order valence-electron chi connectivity index (χ2n) is 9.16. The molecule has 2 unspecified atom stereocenters. The summed E-state index contributed by atoms with van der Waals surface area (Å²) in [6.45, 7) is 5.68. The molecule has 3 aromatic rings. The predicted octanol–water partition coefficient (Wildman–Crippen LogP) is 4.20. The number of anilines is 1. The lowest BCUT2D eigenvalue weighted by molar-refractivity contribution is 0.0539. The molecule has 1 saturated carbocycles. The van der Waals surface area contributed by atoms with Gasteiger partial charge in [0.25, 0.3) is 5.91 Å². The normalized spacial score (nSPS) is 20.9. The van der Waals surface area contributed by atoms with Crippen LogP contribution in [-0.2, 0) is 0 Å². The number of aryl methyl sites for hydroxylation is 1. The van der Waals surface area contributed by atoms with Crippen molar-refractivity contribution in [2.45, 2.75) is 51.5 Å². The first-order chi connectivity index (χ1) is 15.6. The molecule has 7 heteroatoms. The van der Waals surface area contributed by atoms with Crippen molar-refractivity contribution in [3.8, 4) is 5.69 Å². The van der Waals surface area contributed by atoms with Crippen LogP contribution in [0.2, 0.25) is 0 Å². The van der Waals surface area contributed by atoms with E-state index in [9.17, 15) is 4.79 Å². The third-order valence-electron chi connectivity index (χ3n) is 6.72. The maximum atomic E-state index is 13.8. The third kappa shape index (κ3) is 4.24. The molecule has 0 radical (unpaired) electrons. The molecule has 2 aliphatic rings. The molecule has 1 saturated heterocycles. The number of piperidine rings is 1. The Morgan fingerprint density at radius 2 is 1.94 bits per heavy atom. The second kappa shape index (κ2) is 8.73. The number of hydrogen-bond acceptors (Lipinski definition) is 5. The van der Waals surface area contributed by atoms with Gasteiger partial charge in [-0.1, -0.05) is 24.6 Å². The number of hydrogen-bond donors (Lipinski definition) is 1. The Hall–Kier alpha value is -3.22. The second-order valence-corrected chi connectivity index (χ2v) is 9.16. The number of benzene rings is 1. The Bertz CT molecular complexity index is 1070. The predicted molar refractivity (Wildman–Crippen MR) is 124 cm³/mol. The van der Waals surface area contributed by atoms with Crippen molar-refractivity contribution < 1.29 is 4.79 Å². The summed E-state index contributed by atoms with van der Waals surface area (Å²) in [5.41, 5.74) is 3.74. The lowest BCUT2D eigenvalue weighted by Gasteiger charge is -2.40. The van der Waals surface area contributed by atoms with Crippen LogP contribution in [0.25, 0.3) is 5.69 Å². The molecule has 166 valence electrons. The average molecular weight is 431 g/mol. The molecule has 1 aliphatic heterocycles. The molecule has 1 amide bonds. The van der Waals surface area contributed by atoms with Crippen LogP contribution in [0.1, 0.15) is 60.0 Å². The van der Waals surface area contributed by atoms with Gasteiger partial charge in [0.15, 0.2) is 0 Å². The molecule has 1 aliphatic carbocycles. The minimum Gasteiger partial charge on any atom is -0.368 e. The number of carbonyl (C=O) groups excluding carboxylic acids is 1. The van der Waals surface area contributed by atoms with Gasteiger partial charge < -0.3 is 10.2 Å². The number of aromatic nitrogens is 4. The summed E-state index contributed by atoms with van der Waals surface area (Å²) >= 11 is 0. The highest BCUT2D eigenvalue weighted by Gasteiger charge is 2.33. The zero-order valence-corrected chi connectivity index (χ0v) is 18.7. The molecule has 1 N–H and O–H groups in total. The maximum Gasteiger partial charge on any atom is 0.256 e. The summed E-state index contributed by atoms with van der Waals surface area (Å²) in [7, 11) is 0. The van der Waals surface area contributed by atoms with Crippen LogP contribution in [0.15, 0.2) is 48.9 Å². The summed E-state index contributed by atoms with van der Waals surface area (Å²) in [6.07, 6.45) is 9.94. The van der Waals surface area contributed by atoms with Gasteiger partial charge in [-0.3, -0.25) is 4.79 Å². The van der Waals surface area contributed by atoms with E-state index in [4.69, 9.17) is 0 Å². The van der Waals surface area contributed by atoms with Gasteiger partial charge in [0.1, 0.15) is 5.82 Å². The van der Waals surface area contributed by atoms with Crippen molar-refractivity contribution in [2.24, 2.45) is 5.92 Å². The number of likely N-dealkylation sites (tertiary alicyclic amines) is 1. The van der Waals surface area contributed by atoms with E-state index >= 15 is 0 Å². The van der Waals surface area contributed by atoms with Crippen LogP contribution < -0.4 is 5.32 Å². The molecule has 0 bridgehead atoms. The lowest BCUT2D eigenvalue weighted by Crippen LogP contribution is -2.51. The standard InChI is InChI=1S/C25H30N6O/c1-17-5-9-22(31-28-11-12-29-31)21(14-17)25(32)30-13-3-4-18(2)23(30)16-27-24-10-8-20(15-26-24)19-6-7-19/h5,8-12,14-15,18-19,23H,3-4,6-7,13,16H2,1-2H3,(H,26,27). The zero-order valence-electron chi connectivity index (χ0n) is 18.7. The number of carbonyl (C=O) groups is 1. The molecule has 2 atom stereocenters. The SMILES string of the molecule is Cc1ccc(-n2nccn2)c(C(=O)N2CCCC(C)C2CNc2ccc(C3CC3)cn2)c1. The van der Waals surface area contributed by atoms with Gasteiger partial charge in [-0.05, 0) is 68.2 Å². The van der Waals surface area contributed by atoms with E-state index in [1.54, 1.807) is 12.4 Å². The Balaban J connectivity index is 1.36. The topological polar surface area (TPSA) is 75.9 Å². The first-order valence-corrected chi connectivity index (χ1v) is 11.6. The van der Waals surface area contributed by atoms with Gasteiger partial charge in [0.2, 0.25) is 0 Å². The number of amides is 1. The van der Waals surface area contributed by atoms with Crippen LogP contribution in [0.4, 0.5) is 5.82 Å². The molecular formula is C25H30N6O. The maximum absolute atomic E-state index is 13.8. The van der Waals surface area contributed by atoms with Crippen molar-refractivity contribution in [1.82, 2.24) is 24.9 Å². The average Bonchev–Trinajstić information content (AvgIpc) is 3.52. The molecule has 0 spiro atoms. The first-order valence-electron chi connectivity index (χ1n) is 11.6. The fourth-order valence-corrected chi connectivity index (χ4v) is 4.68. The van der Waals surface area contributed by atoms with Crippen LogP contribution in [0, 0.1) is 12.8 Å². The number of rotatable bonds is 6. The lowest BCUT2D eigenvalue weighted by atomic mass is 9.89. The summed E-state index contributed by atoms with van der Waals surface area (Å²) in [5.74, 6) is 2.02. The van der Waals surface area contributed by atoms with Crippen molar-refractivity contribution in [3.05, 3.63) is 65.6 Å². The van der Waals surface area contributed by atoms with Crippen LogP contribution in [0.5, 0.6) is 0 Å². The Morgan fingerprint density at radius 1 is 1.12 bits per heavy atom. The summed E-state index contributed by atoms with van der Waals surface area (Å²) in [4.78, 5) is 21.9. The quantitative estimate of drug-likeness (QED) is 0.634. The summed E-state index contributed by atoms with van der Waals surface area (Å²) < 4.78 is 0. The Morgan fingerprint density at radius 3 is 2.66 bits per heavy atom. The highest BCUT2D eigenvalue weighted by Crippen LogP contribution is 2.39. The van der Waals surface area contributed by atoms with Gasteiger partial charge in [-0.2, -0.15) is 15.0 Å². The number of nitrogens with zero attached hydrogens (tertiary/aromatic N) is 5. The van der Waals surface area contributed by atoms with Gasteiger partial charge in [0.05, 0.1) is 29.7 Å². The smallest absolute Gasteiger partial charge is 0.256 e. The molecule has 2 fully saturated rings. The van der Waals surface area contributed by atoms with Crippen molar-refractivity contribution >= 4 is 11.7 Å². The van der Waals surface area contributed by atoms with Crippen molar-refractivity contribution in [1.29, 1.82) is 0 Å². The van der Waals surface area contributed by atoms with Gasteiger partial charge in [-0.25, -0.2) is 4.98 Å². The van der Waals surface area contributed by atoms with E-state index in [1.165, 1.54) is 23.2 Å². The largest absolute Gasteiger partial charge is 0.368 e. The fraction of sp³-hybridized carbons (Fsp3) is 0.440. The van der Waals surface area contributed by atoms with Gasteiger partial charge >= 0.3 is 0 Å². The van der Waals surface area contributed by atoms with Gasteiger partial charge in [-0.15, -0.1) is 0 Å². The van der Waals surface area contributed by atoms with Crippen LogP contribution in [0.3, 0.4) is 0 Å².